The van der Waals surface area contributed by atoms with Gasteiger partial charge in [0, 0.05) is 38.5 Å². The zero-order valence-corrected chi connectivity index (χ0v) is 33.3. The van der Waals surface area contributed by atoms with Crippen LogP contribution in [0.5, 0.6) is 5.75 Å². The first kappa shape index (κ1) is 41.9. The van der Waals surface area contributed by atoms with Crippen molar-refractivity contribution < 1.29 is 28.7 Å². The van der Waals surface area contributed by atoms with E-state index >= 15 is 0 Å². The molecule has 0 spiro atoms. The maximum atomic E-state index is 14.0. The smallest absolute Gasteiger partial charge is 0.255 e. The van der Waals surface area contributed by atoms with Crippen LogP contribution in [-0.2, 0) is 38.7 Å². The van der Waals surface area contributed by atoms with Crippen LogP contribution in [-0.4, -0.2) is 89.7 Å². The second-order valence-electron chi connectivity index (χ2n) is 15.8. The standard InChI is InChI=1S/C44H58N6O6/c1-31-43(55)49(4)35(26-32-15-8-7-9-16-32)30-56-38-20-11-10-19-36(38)41(53)47-37(21-22-39(51)48-44(2,3)27-40(52)46-31)42(54)45-28-33-17-14-18-34(25-33)29-50-23-12-5-6-13-24-50/h7-11,14-20,25,31,35,37H,5-6,12-13,21-24,26-30H2,1-4H3,(H,45,54)(H,46,52)(H,47,53)(H,48,51)/t31-,35-,37-/m0/s1. The number of likely N-dealkylation sites (N-methyl/N-ethyl adjacent to an activating group) is 1. The van der Waals surface area contributed by atoms with Crippen LogP contribution < -0.4 is 26.0 Å². The van der Waals surface area contributed by atoms with E-state index in [1.165, 1.54) is 31.2 Å². The van der Waals surface area contributed by atoms with Gasteiger partial charge in [-0.15, -0.1) is 0 Å². The van der Waals surface area contributed by atoms with E-state index in [0.29, 0.717) is 6.42 Å². The van der Waals surface area contributed by atoms with Crippen LogP contribution in [0.4, 0.5) is 0 Å². The molecule has 1 saturated heterocycles. The minimum absolute atomic E-state index is 0.0131. The van der Waals surface area contributed by atoms with E-state index < -0.39 is 41.4 Å². The average molecular weight is 767 g/mol. The number of para-hydroxylation sites is 1. The molecule has 0 radical (unpaired) electrons. The van der Waals surface area contributed by atoms with Crippen LogP contribution >= 0.6 is 0 Å². The Morgan fingerprint density at radius 1 is 0.839 bits per heavy atom. The van der Waals surface area contributed by atoms with Crippen molar-refractivity contribution >= 4 is 29.5 Å². The highest BCUT2D eigenvalue weighted by Gasteiger charge is 2.31. The highest BCUT2D eigenvalue weighted by atomic mass is 16.5. The molecular weight excluding hydrogens is 709 g/mol. The Labute approximate surface area is 331 Å². The van der Waals surface area contributed by atoms with Crippen LogP contribution in [0.1, 0.15) is 92.8 Å². The summed E-state index contributed by atoms with van der Waals surface area (Å²) in [6.45, 7) is 8.40. The number of amides is 5. The van der Waals surface area contributed by atoms with E-state index in [-0.39, 0.29) is 55.5 Å². The minimum atomic E-state index is -1.05. The first-order valence-electron chi connectivity index (χ1n) is 19.9. The van der Waals surface area contributed by atoms with E-state index in [9.17, 15) is 24.0 Å². The van der Waals surface area contributed by atoms with Gasteiger partial charge < -0.3 is 30.9 Å². The predicted molar refractivity (Wildman–Crippen MR) is 216 cm³/mol. The molecule has 0 saturated carbocycles. The molecule has 0 aromatic heterocycles. The van der Waals surface area contributed by atoms with Gasteiger partial charge in [0.1, 0.15) is 24.4 Å². The maximum absolute atomic E-state index is 14.0. The number of hydrogen-bond acceptors (Lipinski definition) is 7. The van der Waals surface area contributed by atoms with Gasteiger partial charge in [-0.3, -0.25) is 28.9 Å². The highest BCUT2D eigenvalue weighted by molar-refractivity contribution is 5.99. The summed E-state index contributed by atoms with van der Waals surface area (Å²) in [5, 5.41) is 11.5. The van der Waals surface area contributed by atoms with Gasteiger partial charge in [0.05, 0.1) is 11.6 Å². The summed E-state index contributed by atoms with van der Waals surface area (Å²) in [7, 11) is 1.67. The molecule has 2 heterocycles. The maximum Gasteiger partial charge on any atom is 0.255 e. The summed E-state index contributed by atoms with van der Waals surface area (Å²) in [4.78, 5) is 71.9. The summed E-state index contributed by atoms with van der Waals surface area (Å²) < 4.78 is 6.29. The fourth-order valence-electron chi connectivity index (χ4n) is 7.37. The van der Waals surface area contributed by atoms with Gasteiger partial charge in [0.25, 0.3) is 5.91 Å². The third-order valence-electron chi connectivity index (χ3n) is 10.4. The minimum Gasteiger partial charge on any atom is -0.491 e. The fraction of sp³-hybridized carbons (Fsp3) is 0.477. The molecule has 12 nitrogen and oxygen atoms in total. The second-order valence-corrected chi connectivity index (χ2v) is 15.8. The fourth-order valence-corrected chi connectivity index (χ4v) is 7.37. The topological polar surface area (TPSA) is 149 Å². The summed E-state index contributed by atoms with van der Waals surface area (Å²) in [5.41, 5.74) is 2.35. The molecule has 3 atom stereocenters. The number of nitrogens with one attached hydrogen (secondary N) is 4. The van der Waals surface area contributed by atoms with Gasteiger partial charge in [-0.25, -0.2) is 0 Å². The molecule has 2 aliphatic heterocycles. The molecule has 1 fully saturated rings. The lowest BCUT2D eigenvalue weighted by Crippen LogP contribution is -2.53. The van der Waals surface area contributed by atoms with Gasteiger partial charge in [0.15, 0.2) is 0 Å². The molecule has 2 aliphatic rings. The monoisotopic (exact) mass is 766 g/mol. The molecule has 4 N–H and O–H groups in total. The van der Waals surface area contributed by atoms with Crippen molar-refractivity contribution in [1.82, 2.24) is 31.1 Å². The molecule has 300 valence electrons. The number of benzene rings is 3. The summed E-state index contributed by atoms with van der Waals surface area (Å²) >= 11 is 0. The quantitative estimate of drug-likeness (QED) is 0.277. The number of likely N-dealkylation sites (tertiary alicyclic amines) is 1. The molecular formula is C44H58N6O6. The van der Waals surface area contributed by atoms with Crippen molar-refractivity contribution in [1.29, 1.82) is 0 Å². The number of fused-ring (bicyclic) bond motifs is 1. The molecule has 56 heavy (non-hydrogen) atoms. The summed E-state index contributed by atoms with van der Waals surface area (Å²) in [6, 6.07) is 22.3. The normalized spacial score (nSPS) is 22.1. The third kappa shape index (κ3) is 12.7. The number of nitrogens with zero attached hydrogens (tertiary/aromatic N) is 2. The molecule has 0 unspecified atom stereocenters. The summed E-state index contributed by atoms with van der Waals surface area (Å²) in [6.07, 6.45) is 5.25. The first-order valence-corrected chi connectivity index (χ1v) is 19.9. The number of carbonyl (C=O) groups is 5. The van der Waals surface area contributed by atoms with Crippen LogP contribution in [0.25, 0.3) is 0 Å². The molecule has 5 rings (SSSR count). The first-order chi connectivity index (χ1) is 26.9. The molecule has 3 aromatic rings. The van der Waals surface area contributed by atoms with Gasteiger partial charge in [-0.2, -0.15) is 0 Å². The van der Waals surface area contributed by atoms with Crippen molar-refractivity contribution in [2.24, 2.45) is 0 Å². The lowest BCUT2D eigenvalue weighted by Gasteiger charge is -2.31. The third-order valence-corrected chi connectivity index (χ3v) is 10.4. The van der Waals surface area contributed by atoms with Crippen LogP contribution in [0.3, 0.4) is 0 Å². The zero-order chi connectivity index (χ0) is 40.1. The Balaban J connectivity index is 1.36. The van der Waals surface area contributed by atoms with Gasteiger partial charge in [-0.05, 0) is 88.4 Å². The van der Waals surface area contributed by atoms with Gasteiger partial charge in [0.2, 0.25) is 23.6 Å². The Kier molecular flexibility index (Phi) is 15.0. The molecule has 0 aliphatic carbocycles. The molecule has 5 amide bonds. The lowest BCUT2D eigenvalue weighted by atomic mass is 9.99. The van der Waals surface area contributed by atoms with Gasteiger partial charge in [-0.1, -0.05) is 79.6 Å². The van der Waals surface area contributed by atoms with Crippen LogP contribution in [0.15, 0.2) is 78.9 Å². The Morgan fingerprint density at radius 2 is 1.52 bits per heavy atom. The Bertz CT molecular complexity index is 1810. The lowest BCUT2D eigenvalue weighted by molar-refractivity contribution is -0.137. The molecule has 0 bridgehead atoms. The van der Waals surface area contributed by atoms with Crippen molar-refractivity contribution in [2.75, 3.05) is 26.7 Å². The van der Waals surface area contributed by atoms with Crippen molar-refractivity contribution in [3.63, 3.8) is 0 Å². The second kappa shape index (κ2) is 20.1. The SMILES string of the molecule is C[C@@H]1NC(=O)CC(C)(C)NC(=O)CC[C@@H](C(=O)NCc2cccc(CN3CCCCCC3)c2)NC(=O)c2ccccc2OC[C@H](Cc2ccccc2)N(C)C1=O. The summed E-state index contributed by atoms with van der Waals surface area (Å²) in [5.74, 6) is -1.78. The number of rotatable bonds is 7. The van der Waals surface area contributed by atoms with E-state index in [4.69, 9.17) is 4.74 Å². The van der Waals surface area contributed by atoms with E-state index in [1.807, 2.05) is 42.5 Å². The molecule has 12 heteroatoms. The predicted octanol–water partition coefficient (Wildman–Crippen LogP) is 4.51. The number of carbonyl (C=O) groups excluding carboxylic acids is 5. The van der Waals surface area contributed by atoms with Crippen molar-refractivity contribution in [2.45, 2.75) is 109 Å². The Hall–Kier alpha value is -5.23. The van der Waals surface area contributed by atoms with Crippen molar-refractivity contribution in [3.05, 3.63) is 101 Å². The number of ether oxygens (including phenoxy) is 1. The van der Waals surface area contributed by atoms with E-state index in [1.54, 1.807) is 57.0 Å². The van der Waals surface area contributed by atoms with E-state index in [2.05, 4.69) is 38.3 Å². The van der Waals surface area contributed by atoms with Gasteiger partial charge >= 0.3 is 0 Å². The van der Waals surface area contributed by atoms with Crippen LogP contribution in [0, 0.1) is 0 Å². The average Bonchev–Trinajstić information content (AvgIpc) is 3.44. The highest BCUT2D eigenvalue weighted by Crippen LogP contribution is 2.21. The van der Waals surface area contributed by atoms with Crippen molar-refractivity contribution in [3.8, 4) is 5.75 Å². The molecule has 3 aromatic carbocycles. The Morgan fingerprint density at radius 3 is 2.27 bits per heavy atom. The van der Waals surface area contributed by atoms with Crippen LogP contribution in [0.2, 0.25) is 0 Å². The largest absolute Gasteiger partial charge is 0.491 e. The number of hydrogen-bond donors (Lipinski definition) is 4. The zero-order valence-electron chi connectivity index (χ0n) is 33.3. The van der Waals surface area contributed by atoms with E-state index in [0.717, 1.165) is 30.8 Å².